The standard InChI is InChI=1S/C11H13N3/c1-7(12)11-9(13)6-8-4-2-3-5-10(8)14-11/h2-7H,12-13H2,1H3/t7-/m0/s1. The number of hydrogen-bond donors (Lipinski definition) is 2. The first kappa shape index (κ1) is 8.97. The van der Waals surface area contributed by atoms with Crippen molar-refractivity contribution in [3.8, 4) is 0 Å². The first-order chi connectivity index (χ1) is 6.68. The molecule has 1 aromatic heterocycles. The normalized spacial score (nSPS) is 13.0. The van der Waals surface area contributed by atoms with Gasteiger partial charge < -0.3 is 11.5 Å². The second-order valence-corrected chi connectivity index (χ2v) is 3.44. The third kappa shape index (κ3) is 1.42. The van der Waals surface area contributed by atoms with E-state index in [1.54, 1.807) is 0 Å². The summed E-state index contributed by atoms with van der Waals surface area (Å²) in [6, 6.07) is 9.66. The second-order valence-electron chi connectivity index (χ2n) is 3.44. The summed E-state index contributed by atoms with van der Waals surface area (Å²) >= 11 is 0. The number of nitrogens with zero attached hydrogens (tertiary/aromatic N) is 1. The lowest BCUT2D eigenvalue weighted by Crippen LogP contribution is -2.10. The fourth-order valence-electron chi connectivity index (χ4n) is 1.51. The molecule has 1 heterocycles. The van der Waals surface area contributed by atoms with Gasteiger partial charge in [0, 0.05) is 11.4 Å². The molecular formula is C11H13N3. The Kier molecular flexibility index (Phi) is 2.09. The van der Waals surface area contributed by atoms with Gasteiger partial charge in [0.25, 0.3) is 0 Å². The van der Waals surface area contributed by atoms with Crippen LogP contribution in [0.2, 0.25) is 0 Å². The Balaban J connectivity index is 2.71. The van der Waals surface area contributed by atoms with Crippen LogP contribution in [0, 0.1) is 0 Å². The van der Waals surface area contributed by atoms with E-state index in [2.05, 4.69) is 4.98 Å². The lowest BCUT2D eigenvalue weighted by molar-refractivity contribution is 0.790. The van der Waals surface area contributed by atoms with Crippen LogP contribution in [-0.2, 0) is 0 Å². The molecule has 0 aliphatic heterocycles. The number of nitrogen functional groups attached to an aromatic ring is 1. The number of anilines is 1. The maximum atomic E-state index is 5.85. The number of pyridine rings is 1. The molecule has 2 aromatic rings. The Morgan fingerprint density at radius 3 is 2.71 bits per heavy atom. The number of fused-ring (bicyclic) bond motifs is 1. The first-order valence-electron chi connectivity index (χ1n) is 4.59. The predicted molar refractivity (Wildman–Crippen MR) is 58.8 cm³/mol. The molecule has 0 unspecified atom stereocenters. The van der Waals surface area contributed by atoms with Gasteiger partial charge in [0.1, 0.15) is 0 Å². The van der Waals surface area contributed by atoms with Crippen molar-refractivity contribution >= 4 is 16.6 Å². The summed E-state index contributed by atoms with van der Waals surface area (Å²) < 4.78 is 0. The third-order valence-electron chi connectivity index (χ3n) is 2.22. The molecule has 72 valence electrons. The Bertz CT molecular complexity index is 463. The summed E-state index contributed by atoms with van der Waals surface area (Å²) in [6.45, 7) is 1.88. The molecule has 3 heteroatoms. The van der Waals surface area contributed by atoms with Crippen molar-refractivity contribution in [1.82, 2.24) is 4.98 Å². The highest BCUT2D eigenvalue weighted by Crippen LogP contribution is 2.21. The average Bonchev–Trinajstić information content (AvgIpc) is 2.16. The Morgan fingerprint density at radius 1 is 1.29 bits per heavy atom. The monoisotopic (exact) mass is 187 g/mol. The predicted octanol–water partition coefficient (Wildman–Crippen LogP) is 1.84. The molecule has 4 N–H and O–H groups in total. The molecule has 0 saturated carbocycles. The summed E-state index contributed by atoms with van der Waals surface area (Å²) in [7, 11) is 0. The zero-order chi connectivity index (χ0) is 10.1. The van der Waals surface area contributed by atoms with Crippen LogP contribution in [-0.4, -0.2) is 4.98 Å². The summed E-state index contributed by atoms with van der Waals surface area (Å²) in [4.78, 5) is 4.42. The first-order valence-corrected chi connectivity index (χ1v) is 4.59. The molecule has 0 saturated heterocycles. The van der Waals surface area contributed by atoms with Crippen molar-refractivity contribution in [2.75, 3.05) is 5.73 Å². The largest absolute Gasteiger partial charge is 0.397 e. The lowest BCUT2D eigenvalue weighted by atomic mass is 10.1. The smallest absolute Gasteiger partial charge is 0.0804 e. The molecule has 0 fully saturated rings. The highest BCUT2D eigenvalue weighted by Gasteiger charge is 2.07. The minimum absolute atomic E-state index is 0.125. The van der Waals surface area contributed by atoms with Crippen molar-refractivity contribution in [1.29, 1.82) is 0 Å². The van der Waals surface area contributed by atoms with Crippen LogP contribution < -0.4 is 11.5 Å². The van der Waals surface area contributed by atoms with E-state index in [0.29, 0.717) is 5.69 Å². The van der Waals surface area contributed by atoms with E-state index < -0.39 is 0 Å². The van der Waals surface area contributed by atoms with E-state index in [1.165, 1.54) is 0 Å². The van der Waals surface area contributed by atoms with Crippen LogP contribution in [0.25, 0.3) is 10.9 Å². The van der Waals surface area contributed by atoms with E-state index in [9.17, 15) is 0 Å². The SMILES string of the molecule is C[C@H](N)c1nc2ccccc2cc1N. The van der Waals surface area contributed by atoms with Crippen molar-refractivity contribution < 1.29 is 0 Å². The van der Waals surface area contributed by atoms with Crippen LogP contribution in [0.15, 0.2) is 30.3 Å². The Morgan fingerprint density at radius 2 is 2.00 bits per heavy atom. The average molecular weight is 187 g/mol. The van der Waals surface area contributed by atoms with Gasteiger partial charge >= 0.3 is 0 Å². The molecule has 0 radical (unpaired) electrons. The number of rotatable bonds is 1. The zero-order valence-corrected chi connectivity index (χ0v) is 8.07. The Hall–Kier alpha value is -1.61. The van der Waals surface area contributed by atoms with E-state index in [1.807, 2.05) is 37.3 Å². The minimum atomic E-state index is -0.125. The maximum Gasteiger partial charge on any atom is 0.0804 e. The van der Waals surface area contributed by atoms with Crippen molar-refractivity contribution in [2.45, 2.75) is 13.0 Å². The van der Waals surface area contributed by atoms with Crippen LogP contribution in [0.3, 0.4) is 0 Å². The fraction of sp³-hybridized carbons (Fsp3) is 0.182. The Labute approximate surface area is 82.7 Å². The zero-order valence-electron chi connectivity index (χ0n) is 8.07. The number of hydrogen-bond acceptors (Lipinski definition) is 3. The third-order valence-corrected chi connectivity index (χ3v) is 2.22. The molecule has 14 heavy (non-hydrogen) atoms. The lowest BCUT2D eigenvalue weighted by Gasteiger charge is -2.09. The summed E-state index contributed by atoms with van der Waals surface area (Å²) in [5.41, 5.74) is 14.0. The molecule has 0 amide bonds. The van der Waals surface area contributed by atoms with Gasteiger partial charge in [0.2, 0.25) is 0 Å². The maximum absolute atomic E-state index is 5.85. The van der Waals surface area contributed by atoms with E-state index in [0.717, 1.165) is 16.6 Å². The van der Waals surface area contributed by atoms with Gasteiger partial charge in [-0.15, -0.1) is 0 Å². The minimum Gasteiger partial charge on any atom is -0.397 e. The highest BCUT2D eigenvalue weighted by atomic mass is 14.8. The van der Waals surface area contributed by atoms with E-state index >= 15 is 0 Å². The van der Waals surface area contributed by atoms with Gasteiger partial charge in [-0.3, -0.25) is 0 Å². The quantitative estimate of drug-likeness (QED) is 0.715. The molecular weight excluding hydrogens is 174 g/mol. The summed E-state index contributed by atoms with van der Waals surface area (Å²) in [5.74, 6) is 0. The number of aromatic nitrogens is 1. The molecule has 0 bridgehead atoms. The molecule has 0 spiro atoms. The summed E-state index contributed by atoms with van der Waals surface area (Å²) in [5, 5.41) is 1.05. The number of benzene rings is 1. The van der Waals surface area contributed by atoms with Crippen LogP contribution in [0.5, 0.6) is 0 Å². The molecule has 1 atom stereocenters. The van der Waals surface area contributed by atoms with Crippen molar-refractivity contribution in [2.24, 2.45) is 5.73 Å². The number of para-hydroxylation sites is 1. The molecule has 0 aliphatic carbocycles. The van der Waals surface area contributed by atoms with E-state index in [-0.39, 0.29) is 6.04 Å². The molecule has 1 aromatic carbocycles. The topological polar surface area (TPSA) is 64.9 Å². The van der Waals surface area contributed by atoms with Gasteiger partial charge in [-0.25, -0.2) is 4.98 Å². The van der Waals surface area contributed by atoms with Crippen molar-refractivity contribution in [3.05, 3.63) is 36.0 Å². The van der Waals surface area contributed by atoms with E-state index in [4.69, 9.17) is 11.5 Å². The molecule has 3 nitrogen and oxygen atoms in total. The molecule has 0 aliphatic rings. The fourth-order valence-corrected chi connectivity index (χ4v) is 1.51. The summed E-state index contributed by atoms with van der Waals surface area (Å²) in [6.07, 6.45) is 0. The highest BCUT2D eigenvalue weighted by molar-refractivity contribution is 5.82. The van der Waals surface area contributed by atoms with Gasteiger partial charge in [-0.05, 0) is 19.1 Å². The van der Waals surface area contributed by atoms with Crippen LogP contribution >= 0.6 is 0 Å². The van der Waals surface area contributed by atoms with Crippen LogP contribution in [0.4, 0.5) is 5.69 Å². The second kappa shape index (κ2) is 3.27. The van der Waals surface area contributed by atoms with Crippen molar-refractivity contribution in [3.63, 3.8) is 0 Å². The molecule has 2 rings (SSSR count). The van der Waals surface area contributed by atoms with Gasteiger partial charge in [-0.2, -0.15) is 0 Å². The van der Waals surface area contributed by atoms with Gasteiger partial charge in [-0.1, -0.05) is 18.2 Å². The number of nitrogens with two attached hydrogens (primary N) is 2. The van der Waals surface area contributed by atoms with Gasteiger partial charge in [0.15, 0.2) is 0 Å². The van der Waals surface area contributed by atoms with Gasteiger partial charge in [0.05, 0.1) is 16.9 Å². The van der Waals surface area contributed by atoms with Crippen LogP contribution in [0.1, 0.15) is 18.7 Å².